The molecule has 3 N–H and O–H groups in total. The number of amides is 1. The molecule has 3 aromatic rings. The third kappa shape index (κ3) is 6.52. The Balaban J connectivity index is 1.57. The first-order chi connectivity index (χ1) is 15.9. The van der Waals surface area contributed by atoms with E-state index in [1.807, 2.05) is 25.2 Å². The van der Waals surface area contributed by atoms with Gasteiger partial charge in [-0.2, -0.15) is 0 Å². The number of aryl methyl sites for hydroxylation is 1. The monoisotopic (exact) mass is 451 g/mol. The molecule has 7 nitrogen and oxygen atoms in total. The van der Waals surface area contributed by atoms with Gasteiger partial charge in [-0.1, -0.05) is 30.3 Å². The molecule has 0 bridgehead atoms. The van der Waals surface area contributed by atoms with Crippen LogP contribution < -0.4 is 15.4 Å². The summed E-state index contributed by atoms with van der Waals surface area (Å²) >= 11 is 0. The van der Waals surface area contributed by atoms with Crippen LogP contribution in [0.2, 0.25) is 0 Å². The van der Waals surface area contributed by atoms with Gasteiger partial charge in [0, 0.05) is 25.6 Å². The van der Waals surface area contributed by atoms with Crippen LogP contribution in [0.1, 0.15) is 27.2 Å². The Morgan fingerprint density at radius 1 is 1.09 bits per heavy atom. The summed E-state index contributed by atoms with van der Waals surface area (Å²) in [6, 6.07) is 15.8. The number of aromatic nitrogens is 1. The van der Waals surface area contributed by atoms with Crippen LogP contribution in [-0.4, -0.2) is 41.7 Å². The number of carbonyl (C=O) groups excluding carboxylic acids is 1. The molecule has 0 aliphatic heterocycles. The number of nitrogens with zero attached hydrogens (tertiary/aromatic N) is 1. The highest BCUT2D eigenvalue weighted by atomic mass is 19.1. The first-order valence-corrected chi connectivity index (χ1v) is 10.5. The van der Waals surface area contributed by atoms with Gasteiger partial charge in [0.1, 0.15) is 23.4 Å². The predicted molar refractivity (Wildman–Crippen MR) is 123 cm³/mol. The van der Waals surface area contributed by atoms with E-state index in [2.05, 4.69) is 15.6 Å². The molecular weight excluding hydrogens is 425 g/mol. The number of ether oxygens (including phenoxy) is 1. The maximum absolute atomic E-state index is 14.0. The number of rotatable bonds is 10. The normalized spacial score (nSPS) is 11.5. The van der Waals surface area contributed by atoms with Gasteiger partial charge in [0.15, 0.2) is 0 Å². The molecule has 0 saturated carbocycles. The van der Waals surface area contributed by atoms with E-state index in [1.165, 1.54) is 12.1 Å². The van der Waals surface area contributed by atoms with E-state index in [0.717, 1.165) is 11.5 Å². The summed E-state index contributed by atoms with van der Waals surface area (Å²) in [5, 5.41) is 15.0. The summed E-state index contributed by atoms with van der Waals surface area (Å²) in [4.78, 5) is 28.6. The van der Waals surface area contributed by atoms with Crippen LogP contribution in [0.5, 0.6) is 5.75 Å². The van der Waals surface area contributed by atoms with Gasteiger partial charge in [-0.3, -0.25) is 4.79 Å². The summed E-state index contributed by atoms with van der Waals surface area (Å²) in [7, 11) is 1.81. The van der Waals surface area contributed by atoms with Crippen molar-refractivity contribution in [3.8, 4) is 5.75 Å². The topological polar surface area (TPSA) is 101 Å². The summed E-state index contributed by atoms with van der Waals surface area (Å²) in [6.07, 6.45) is 0.690. The lowest BCUT2D eigenvalue weighted by Gasteiger charge is -2.16. The number of anilines is 1. The molecule has 0 radical (unpaired) electrons. The Bertz CT molecular complexity index is 1100. The second-order valence-corrected chi connectivity index (χ2v) is 7.51. The molecule has 1 amide bonds. The fraction of sp³-hybridized carbons (Fsp3) is 0.240. The average molecular weight is 451 g/mol. The van der Waals surface area contributed by atoms with Crippen molar-refractivity contribution in [2.45, 2.75) is 25.8 Å². The molecule has 8 heteroatoms. The van der Waals surface area contributed by atoms with Gasteiger partial charge in [0.2, 0.25) is 0 Å². The molecule has 172 valence electrons. The number of benzene rings is 2. The van der Waals surface area contributed by atoms with E-state index in [1.54, 1.807) is 37.3 Å². The zero-order chi connectivity index (χ0) is 23.8. The van der Waals surface area contributed by atoms with Gasteiger partial charge in [-0.15, -0.1) is 0 Å². The van der Waals surface area contributed by atoms with Gasteiger partial charge in [0.25, 0.3) is 5.91 Å². The Labute approximate surface area is 191 Å². The SMILES string of the molecule is CNc1cccc(CCOc2ccc(C[C@H](NC(=O)c3c(C)cccc3F)C(=O)O)cc2)n1. The molecule has 33 heavy (non-hydrogen) atoms. The fourth-order valence-electron chi connectivity index (χ4n) is 3.34. The lowest BCUT2D eigenvalue weighted by Crippen LogP contribution is -2.42. The molecule has 2 aromatic carbocycles. The number of hydrogen-bond donors (Lipinski definition) is 3. The minimum absolute atomic E-state index is 0.0512. The number of carboxylic acid groups (broad SMARTS) is 1. The second-order valence-electron chi connectivity index (χ2n) is 7.51. The zero-order valence-electron chi connectivity index (χ0n) is 18.5. The van der Waals surface area contributed by atoms with Gasteiger partial charge in [0.05, 0.1) is 12.2 Å². The average Bonchev–Trinajstić information content (AvgIpc) is 2.79. The van der Waals surface area contributed by atoms with Crippen LogP contribution in [0.25, 0.3) is 0 Å². The van der Waals surface area contributed by atoms with Gasteiger partial charge < -0.3 is 20.5 Å². The summed E-state index contributed by atoms with van der Waals surface area (Å²) in [5.41, 5.74) is 1.89. The molecule has 0 unspecified atom stereocenters. The maximum atomic E-state index is 14.0. The van der Waals surface area contributed by atoms with E-state index in [4.69, 9.17) is 4.74 Å². The molecular formula is C25H26FN3O4. The van der Waals surface area contributed by atoms with Crippen molar-refractivity contribution in [2.75, 3.05) is 19.0 Å². The van der Waals surface area contributed by atoms with Crippen molar-refractivity contribution in [3.05, 3.63) is 88.9 Å². The van der Waals surface area contributed by atoms with Crippen molar-refractivity contribution in [3.63, 3.8) is 0 Å². The highest BCUT2D eigenvalue weighted by molar-refractivity contribution is 5.98. The second kappa shape index (κ2) is 11.1. The largest absolute Gasteiger partial charge is 0.493 e. The van der Waals surface area contributed by atoms with Crippen molar-refractivity contribution in [2.24, 2.45) is 0 Å². The molecule has 0 spiro atoms. The molecule has 0 fully saturated rings. The van der Waals surface area contributed by atoms with Crippen molar-refractivity contribution < 1.29 is 23.8 Å². The molecule has 0 aliphatic rings. The van der Waals surface area contributed by atoms with Crippen LogP contribution >= 0.6 is 0 Å². The Morgan fingerprint density at radius 3 is 2.48 bits per heavy atom. The smallest absolute Gasteiger partial charge is 0.326 e. The molecule has 0 aliphatic carbocycles. The van der Waals surface area contributed by atoms with E-state index >= 15 is 0 Å². The number of carbonyl (C=O) groups is 2. The molecule has 1 heterocycles. The predicted octanol–water partition coefficient (Wildman–Crippen LogP) is 3.62. The van der Waals surface area contributed by atoms with Crippen LogP contribution in [-0.2, 0) is 17.6 Å². The molecule has 1 aromatic heterocycles. The third-order valence-electron chi connectivity index (χ3n) is 5.11. The number of pyridine rings is 1. The highest BCUT2D eigenvalue weighted by Gasteiger charge is 2.23. The lowest BCUT2D eigenvalue weighted by atomic mass is 10.0. The quantitative estimate of drug-likeness (QED) is 0.435. The Morgan fingerprint density at radius 2 is 1.82 bits per heavy atom. The van der Waals surface area contributed by atoms with E-state index in [-0.39, 0.29) is 12.0 Å². The highest BCUT2D eigenvalue weighted by Crippen LogP contribution is 2.16. The summed E-state index contributed by atoms with van der Waals surface area (Å²) in [5.74, 6) is -1.21. The van der Waals surface area contributed by atoms with Crippen molar-refractivity contribution in [1.29, 1.82) is 0 Å². The molecule has 3 rings (SSSR count). The first kappa shape index (κ1) is 23.7. The van der Waals surface area contributed by atoms with Crippen molar-refractivity contribution >= 4 is 17.7 Å². The number of aliphatic carboxylic acids is 1. The van der Waals surface area contributed by atoms with Crippen LogP contribution in [0.4, 0.5) is 10.2 Å². The van der Waals surface area contributed by atoms with Gasteiger partial charge >= 0.3 is 5.97 Å². The van der Waals surface area contributed by atoms with E-state index < -0.39 is 23.7 Å². The fourth-order valence-corrected chi connectivity index (χ4v) is 3.34. The van der Waals surface area contributed by atoms with Gasteiger partial charge in [-0.25, -0.2) is 14.2 Å². The Hall–Kier alpha value is -3.94. The molecule has 0 saturated heterocycles. The minimum atomic E-state index is -1.20. The summed E-state index contributed by atoms with van der Waals surface area (Å²) in [6.45, 7) is 2.04. The standard InChI is InChI=1S/C25H26FN3O4/c1-16-5-3-7-20(26)23(16)24(30)29-21(25(31)32)15-17-9-11-19(12-10-17)33-14-13-18-6-4-8-22(27-2)28-18/h3-12,21H,13-15H2,1-2H3,(H,27,28)(H,29,30)(H,31,32)/t21-/m0/s1. The van der Waals surface area contributed by atoms with Gasteiger partial charge in [-0.05, 0) is 48.4 Å². The summed E-state index contributed by atoms with van der Waals surface area (Å²) < 4.78 is 19.8. The van der Waals surface area contributed by atoms with E-state index in [9.17, 15) is 19.1 Å². The van der Waals surface area contributed by atoms with E-state index in [0.29, 0.717) is 29.9 Å². The first-order valence-electron chi connectivity index (χ1n) is 10.5. The maximum Gasteiger partial charge on any atom is 0.326 e. The number of hydrogen-bond acceptors (Lipinski definition) is 5. The number of carboxylic acids is 1. The zero-order valence-corrected chi connectivity index (χ0v) is 18.5. The van der Waals surface area contributed by atoms with Crippen LogP contribution in [0.15, 0.2) is 60.7 Å². The van der Waals surface area contributed by atoms with Crippen molar-refractivity contribution in [1.82, 2.24) is 10.3 Å². The third-order valence-corrected chi connectivity index (χ3v) is 5.11. The lowest BCUT2D eigenvalue weighted by molar-refractivity contribution is -0.139. The number of halogens is 1. The van der Waals surface area contributed by atoms with Crippen LogP contribution in [0.3, 0.4) is 0 Å². The number of nitrogens with one attached hydrogen (secondary N) is 2. The molecule has 1 atom stereocenters. The minimum Gasteiger partial charge on any atom is -0.493 e. The Kier molecular flexibility index (Phi) is 7.96. The van der Waals surface area contributed by atoms with Crippen LogP contribution in [0, 0.1) is 12.7 Å².